The highest BCUT2D eigenvalue weighted by Crippen LogP contribution is 2.23. The first kappa shape index (κ1) is 12.8. The van der Waals surface area contributed by atoms with Gasteiger partial charge in [0.1, 0.15) is 0 Å². The number of anilines is 1. The number of rotatable bonds is 3. The molecule has 3 heteroatoms. The average molecular weight is 259 g/mol. The Hall–Kier alpha value is -1.61. The maximum Gasteiger partial charge on any atom is 0.265 e. The lowest BCUT2D eigenvalue weighted by atomic mass is 10.2. The van der Waals surface area contributed by atoms with Crippen molar-refractivity contribution in [3.63, 3.8) is 0 Å². The van der Waals surface area contributed by atoms with Gasteiger partial charge in [0.05, 0.1) is 4.88 Å². The van der Waals surface area contributed by atoms with Crippen molar-refractivity contribution >= 4 is 22.9 Å². The predicted octanol–water partition coefficient (Wildman–Crippen LogP) is 4.18. The summed E-state index contributed by atoms with van der Waals surface area (Å²) in [4.78, 5) is 14.1. The normalized spacial score (nSPS) is 10.4. The lowest BCUT2D eigenvalue weighted by Gasteiger charge is -2.03. The molecular formula is C15H17NOS. The van der Waals surface area contributed by atoms with E-state index >= 15 is 0 Å². The van der Waals surface area contributed by atoms with Crippen LogP contribution in [0.4, 0.5) is 5.69 Å². The standard InChI is InChI=1S/C15H17NOS/c1-4-12-9-14(18-11(12)3)15(17)16-13-7-5-6-10(2)8-13/h5-9H,4H2,1-3H3,(H,16,17). The number of thiophene rings is 1. The Labute approximate surface area is 112 Å². The van der Waals surface area contributed by atoms with Crippen molar-refractivity contribution in [2.45, 2.75) is 27.2 Å². The molecule has 0 radical (unpaired) electrons. The second kappa shape index (κ2) is 5.36. The molecule has 2 nitrogen and oxygen atoms in total. The van der Waals surface area contributed by atoms with Gasteiger partial charge < -0.3 is 5.32 Å². The van der Waals surface area contributed by atoms with Gasteiger partial charge in [0.25, 0.3) is 5.91 Å². The van der Waals surface area contributed by atoms with Crippen LogP contribution < -0.4 is 5.32 Å². The number of hydrogen-bond donors (Lipinski definition) is 1. The molecule has 0 aliphatic carbocycles. The molecule has 0 bridgehead atoms. The molecule has 0 atom stereocenters. The average Bonchev–Trinajstić information content (AvgIpc) is 2.70. The second-order valence-corrected chi connectivity index (χ2v) is 5.63. The van der Waals surface area contributed by atoms with Gasteiger partial charge in [0.15, 0.2) is 0 Å². The molecule has 2 aromatic rings. The summed E-state index contributed by atoms with van der Waals surface area (Å²) >= 11 is 1.56. The summed E-state index contributed by atoms with van der Waals surface area (Å²) in [6.45, 7) is 6.18. The zero-order chi connectivity index (χ0) is 13.1. The van der Waals surface area contributed by atoms with E-state index in [1.165, 1.54) is 10.4 Å². The van der Waals surface area contributed by atoms with Gasteiger partial charge in [-0.2, -0.15) is 0 Å². The van der Waals surface area contributed by atoms with E-state index in [4.69, 9.17) is 0 Å². The molecule has 0 fully saturated rings. The van der Waals surface area contributed by atoms with E-state index in [9.17, 15) is 4.79 Å². The Morgan fingerprint density at radius 2 is 2.06 bits per heavy atom. The van der Waals surface area contributed by atoms with Crippen LogP contribution in [0.5, 0.6) is 0 Å². The van der Waals surface area contributed by atoms with Gasteiger partial charge in [0, 0.05) is 10.6 Å². The van der Waals surface area contributed by atoms with E-state index in [0.717, 1.165) is 22.5 Å². The SMILES string of the molecule is CCc1cc(C(=O)Nc2cccc(C)c2)sc1C. The quantitative estimate of drug-likeness (QED) is 0.880. The van der Waals surface area contributed by atoms with Crippen molar-refractivity contribution in [3.05, 3.63) is 51.2 Å². The topological polar surface area (TPSA) is 29.1 Å². The Balaban J connectivity index is 2.16. The molecule has 1 N–H and O–H groups in total. The Morgan fingerprint density at radius 3 is 2.67 bits per heavy atom. The largest absolute Gasteiger partial charge is 0.321 e. The molecule has 0 spiro atoms. The van der Waals surface area contributed by atoms with Crippen LogP contribution in [0.25, 0.3) is 0 Å². The fourth-order valence-corrected chi connectivity index (χ4v) is 2.91. The molecule has 94 valence electrons. The van der Waals surface area contributed by atoms with Crippen LogP contribution in [0.2, 0.25) is 0 Å². The van der Waals surface area contributed by atoms with Gasteiger partial charge in [-0.25, -0.2) is 0 Å². The third kappa shape index (κ3) is 2.79. The Bertz CT molecular complexity index is 572. The van der Waals surface area contributed by atoms with Crippen molar-refractivity contribution < 1.29 is 4.79 Å². The first-order valence-electron chi connectivity index (χ1n) is 6.07. The summed E-state index contributed by atoms with van der Waals surface area (Å²) in [7, 11) is 0. The number of aryl methyl sites for hydroxylation is 3. The van der Waals surface area contributed by atoms with Crippen molar-refractivity contribution in [1.29, 1.82) is 0 Å². The predicted molar refractivity (Wildman–Crippen MR) is 77.6 cm³/mol. The fraction of sp³-hybridized carbons (Fsp3) is 0.267. The molecule has 0 saturated carbocycles. The third-order valence-corrected chi connectivity index (χ3v) is 3.99. The molecule has 1 heterocycles. The highest BCUT2D eigenvalue weighted by molar-refractivity contribution is 7.14. The van der Waals surface area contributed by atoms with E-state index < -0.39 is 0 Å². The van der Waals surface area contributed by atoms with Crippen LogP contribution in [0.1, 0.15) is 32.6 Å². The lowest BCUT2D eigenvalue weighted by molar-refractivity contribution is 0.103. The van der Waals surface area contributed by atoms with Crippen LogP contribution in [-0.2, 0) is 6.42 Å². The summed E-state index contributed by atoms with van der Waals surface area (Å²) in [5.74, 6) is -0.0200. The molecule has 0 aliphatic heterocycles. The highest BCUT2D eigenvalue weighted by atomic mass is 32.1. The smallest absolute Gasteiger partial charge is 0.265 e. The lowest BCUT2D eigenvalue weighted by Crippen LogP contribution is -2.10. The van der Waals surface area contributed by atoms with Crippen LogP contribution >= 0.6 is 11.3 Å². The minimum atomic E-state index is -0.0200. The van der Waals surface area contributed by atoms with E-state index in [1.807, 2.05) is 37.3 Å². The number of hydrogen-bond acceptors (Lipinski definition) is 2. The molecule has 0 unspecified atom stereocenters. The van der Waals surface area contributed by atoms with Gasteiger partial charge in [-0.15, -0.1) is 11.3 Å². The first-order valence-corrected chi connectivity index (χ1v) is 6.89. The van der Waals surface area contributed by atoms with Crippen LogP contribution in [0, 0.1) is 13.8 Å². The minimum absolute atomic E-state index is 0.0200. The molecule has 0 aliphatic rings. The van der Waals surface area contributed by atoms with Crippen LogP contribution in [0.3, 0.4) is 0 Å². The molecule has 18 heavy (non-hydrogen) atoms. The number of carbonyl (C=O) groups excluding carboxylic acids is 1. The van der Waals surface area contributed by atoms with Crippen molar-refractivity contribution in [2.75, 3.05) is 5.32 Å². The van der Waals surface area contributed by atoms with E-state index in [-0.39, 0.29) is 5.91 Å². The molecule has 1 amide bonds. The van der Waals surface area contributed by atoms with Gasteiger partial charge in [0.2, 0.25) is 0 Å². The van der Waals surface area contributed by atoms with E-state index in [0.29, 0.717) is 0 Å². The van der Waals surface area contributed by atoms with Crippen molar-refractivity contribution in [2.24, 2.45) is 0 Å². The Kier molecular flexibility index (Phi) is 3.82. The Morgan fingerprint density at radius 1 is 1.28 bits per heavy atom. The van der Waals surface area contributed by atoms with Gasteiger partial charge in [-0.3, -0.25) is 4.79 Å². The molecule has 1 aromatic carbocycles. The maximum absolute atomic E-state index is 12.1. The summed E-state index contributed by atoms with van der Waals surface area (Å²) in [5.41, 5.74) is 3.25. The summed E-state index contributed by atoms with van der Waals surface area (Å²) in [5, 5.41) is 2.94. The fourth-order valence-electron chi connectivity index (χ4n) is 1.90. The summed E-state index contributed by atoms with van der Waals surface area (Å²) in [6, 6.07) is 9.83. The van der Waals surface area contributed by atoms with Crippen molar-refractivity contribution in [1.82, 2.24) is 0 Å². The van der Waals surface area contributed by atoms with Gasteiger partial charge in [-0.1, -0.05) is 19.1 Å². The van der Waals surface area contributed by atoms with Crippen LogP contribution in [-0.4, -0.2) is 5.91 Å². The van der Waals surface area contributed by atoms with Gasteiger partial charge >= 0.3 is 0 Å². The summed E-state index contributed by atoms with van der Waals surface area (Å²) < 4.78 is 0. The number of carbonyl (C=O) groups is 1. The van der Waals surface area contributed by atoms with Gasteiger partial charge in [-0.05, 0) is 49.6 Å². The number of nitrogens with one attached hydrogen (secondary N) is 1. The maximum atomic E-state index is 12.1. The molecular weight excluding hydrogens is 242 g/mol. The van der Waals surface area contributed by atoms with Crippen molar-refractivity contribution in [3.8, 4) is 0 Å². The van der Waals surface area contributed by atoms with E-state index in [2.05, 4.69) is 19.2 Å². The number of amides is 1. The zero-order valence-electron chi connectivity index (χ0n) is 10.9. The summed E-state index contributed by atoms with van der Waals surface area (Å²) in [6.07, 6.45) is 0.972. The van der Waals surface area contributed by atoms with Crippen LogP contribution in [0.15, 0.2) is 30.3 Å². The molecule has 1 aromatic heterocycles. The molecule has 0 saturated heterocycles. The van der Waals surface area contributed by atoms with E-state index in [1.54, 1.807) is 11.3 Å². The highest BCUT2D eigenvalue weighted by Gasteiger charge is 2.11. The zero-order valence-corrected chi connectivity index (χ0v) is 11.7. The third-order valence-electron chi connectivity index (χ3n) is 2.90. The monoisotopic (exact) mass is 259 g/mol. The second-order valence-electron chi connectivity index (χ2n) is 4.37. The number of benzene rings is 1. The molecule has 2 rings (SSSR count). The minimum Gasteiger partial charge on any atom is -0.321 e. The first-order chi connectivity index (χ1) is 8.60.